The summed E-state index contributed by atoms with van der Waals surface area (Å²) in [4.78, 5) is 16.8. The SMILES string of the molecule is COCc1ccccc1CNC(=O)c1cccc2cccnc12. The van der Waals surface area contributed by atoms with E-state index >= 15 is 0 Å². The fourth-order valence-corrected chi connectivity index (χ4v) is 2.58. The molecule has 0 atom stereocenters. The van der Waals surface area contributed by atoms with E-state index in [4.69, 9.17) is 4.74 Å². The molecular formula is C19H18N2O2. The van der Waals surface area contributed by atoms with Gasteiger partial charge in [0.05, 0.1) is 17.7 Å². The number of ether oxygens (including phenoxy) is 1. The van der Waals surface area contributed by atoms with Crippen LogP contribution >= 0.6 is 0 Å². The predicted octanol–water partition coefficient (Wildman–Crippen LogP) is 3.31. The highest BCUT2D eigenvalue weighted by Gasteiger charge is 2.11. The van der Waals surface area contributed by atoms with Crippen molar-refractivity contribution in [2.45, 2.75) is 13.2 Å². The number of rotatable bonds is 5. The first-order valence-corrected chi connectivity index (χ1v) is 7.47. The second-order valence-electron chi connectivity index (χ2n) is 5.27. The third-order valence-corrected chi connectivity index (χ3v) is 3.73. The van der Waals surface area contributed by atoms with Gasteiger partial charge in [-0.1, -0.05) is 42.5 Å². The van der Waals surface area contributed by atoms with Crippen LogP contribution in [0.4, 0.5) is 0 Å². The number of hydrogen-bond donors (Lipinski definition) is 1. The Kier molecular flexibility index (Phi) is 4.64. The zero-order chi connectivity index (χ0) is 16.1. The molecular weight excluding hydrogens is 288 g/mol. The molecule has 1 heterocycles. The first kappa shape index (κ1) is 15.2. The number of methoxy groups -OCH3 is 1. The summed E-state index contributed by atoms with van der Waals surface area (Å²) in [5.41, 5.74) is 3.44. The van der Waals surface area contributed by atoms with Gasteiger partial charge in [0, 0.05) is 25.2 Å². The molecule has 0 spiro atoms. The number of para-hydroxylation sites is 1. The number of nitrogens with zero attached hydrogens (tertiary/aromatic N) is 1. The Balaban J connectivity index is 1.80. The molecule has 4 nitrogen and oxygen atoms in total. The molecule has 0 unspecified atom stereocenters. The van der Waals surface area contributed by atoms with Gasteiger partial charge in [-0.25, -0.2) is 0 Å². The molecule has 1 aromatic heterocycles. The molecule has 0 aliphatic rings. The fraction of sp³-hybridized carbons (Fsp3) is 0.158. The summed E-state index contributed by atoms with van der Waals surface area (Å²) in [7, 11) is 1.66. The summed E-state index contributed by atoms with van der Waals surface area (Å²) in [6, 6.07) is 17.4. The van der Waals surface area contributed by atoms with E-state index in [1.807, 2.05) is 48.5 Å². The van der Waals surface area contributed by atoms with Crippen LogP contribution in [0.2, 0.25) is 0 Å². The van der Waals surface area contributed by atoms with E-state index in [0.29, 0.717) is 18.7 Å². The number of hydrogen-bond acceptors (Lipinski definition) is 3. The lowest BCUT2D eigenvalue weighted by atomic mass is 10.1. The average molecular weight is 306 g/mol. The van der Waals surface area contributed by atoms with Crippen molar-refractivity contribution >= 4 is 16.8 Å². The first-order valence-electron chi connectivity index (χ1n) is 7.47. The lowest BCUT2D eigenvalue weighted by molar-refractivity contribution is 0.0952. The number of carbonyl (C=O) groups excluding carboxylic acids is 1. The zero-order valence-corrected chi connectivity index (χ0v) is 13.0. The van der Waals surface area contributed by atoms with Crippen molar-refractivity contribution < 1.29 is 9.53 Å². The molecule has 23 heavy (non-hydrogen) atoms. The van der Waals surface area contributed by atoms with E-state index in [9.17, 15) is 4.79 Å². The third kappa shape index (κ3) is 3.38. The van der Waals surface area contributed by atoms with Crippen molar-refractivity contribution in [3.05, 3.63) is 77.5 Å². The van der Waals surface area contributed by atoms with Crippen LogP contribution in [0.1, 0.15) is 21.5 Å². The molecule has 0 saturated heterocycles. The molecule has 116 valence electrons. The van der Waals surface area contributed by atoms with Crippen LogP contribution in [-0.2, 0) is 17.9 Å². The molecule has 1 N–H and O–H groups in total. The normalized spacial score (nSPS) is 10.7. The van der Waals surface area contributed by atoms with Gasteiger partial charge in [0.1, 0.15) is 0 Å². The maximum absolute atomic E-state index is 12.5. The molecule has 1 amide bonds. The van der Waals surface area contributed by atoms with Gasteiger partial charge in [-0.2, -0.15) is 0 Å². The van der Waals surface area contributed by atoms with Gasteiger partial charge >= 0.3 is 0 Å². The summed E-state index contributed by atoms with van der Waals surface area (Å²) in [5.74, 6) is -0.124. The molecule has 0 bridgehead atoms. The standard InChI is InChI=1S/C19H18N2O2/c1-23-13-16-7-3-2-6-15(16)12-21-19(22)17-10-4-8-14-9-5-11-20-18(14)17/h2-11H,12-13H2,1H3,(H,21,22). The average Bonchev–Trinajstić information content (AvgIpc) is 2.60. The summed E-state index contributed by atoms with van der Waals surface area (Å²) >= 11 is 0. The van der Waals surface area contributed by atoms with Gasteiger partial charge in [0.15, 0.2) is 0 Å². The number of pyridine rings is 1. The first-order chi connectivity index (χ1) is 11.3. The quantitative estimate of drug-likeness (QED) is 0.787. The van der Waals surface area contributed by atoms with Gasteiger partial charge in [0.25, 0.3) is 5.91 Å². The minimum Gasteiger partial charge on any atom is -0.380 e. The fourth-order valence-electron chi connectivity index (χ4n) is 2.58. The van der Waals surface area contributed by atoms with Gasteiger partial charge < -0.3 is 10.1 Å². The van der Waals surface area contributed by atoms with E-state index < -0.39 is 0 Å². The minimum absolute atomic E-state index is 0.124. The van der Waals surface area contributed by atoms with Crippen LogP contribution in [0, 0.1) is 0 Å². The van der Waals surface area contributed by atoms with Crippen LogP contribution in [0.15, 0.2) is 60.8 Å². The highest BCUT2D eigenvalue weighted by atomic mass is 16.5. The predicted molar refractivity (Wildman–Crippen MR) is 90.1 cm³/mol. The van der Waals surface area contributed by atoms with Gasteiger partial charge in [-0.3, -0.25) is 9.78 Å². The zero-order valence-electron chi connectivity index (χ0n) is 13.0. The third-order valence-electron chi connectivity index (χ3n) is 3.73. The van der Waals surface area contributed by atoms with E-state index in [-0.39, 0.29) is 5.91 Å². The van der Waals surface area contributed by atoms with E-state index in [2.05, 4.69) is 10.3 Å². The number of benzene rings is 2. The summed E-state index contributed by atoms with van der Waals surface area (Å²) in [6.07, 6.45) is 1.70. The van der Waals surface area contributed by atoms with Crippen molar-refractivity contribution in [3.63, 3.8) is 0 Å². The molecule has 3 rings (SSSR count). The van der Waals surface area contributed by atoms with Crippen molar-refractivity contribution in [2.75, 3.05) is 7.11 Å². The molecule has 0 fully saturated rings. The van der Waals surface area contributed by atoms with Gasteiger partial charge in [-0.15, -0.1) is 0 Å². The Morgan fingerprint density at radius 1 is 1.04 bits per heavy atom. The summed E-state index contributed by atoms with van der Waals surface area (Å²) < 4.78 is 5.19. The van der Waals surface area contributed by atoms with Crippen LogP contribution in [0.5, 0.6) is 0 Å². The van der Waals surface area contributed by atoms with Crippen LogP contribution in [-0.4, -0.2) is 18.0 Å². The molecule has 0 aliphatic heterocycles. The highest BCUT2D eigenvalue weighted by molar-refractivity contribution is 6.05. The highest BCUT2D eigenvalue weighted by Crippen LogP contribution is 2.16. The topological polar surface area (TPSA) is 51.2 Å². The van der Waals surface area contributed by atoms with Gasteiger partial charge in [0.2, 0.25) is 0 Å². The number of nitrogens with one attached hydrogen (secondary N) is 1. The number of fused-ring (bicyclic) bond motifs is 1. The molecule has 0 saturated carbocycles. The Labute approximate surface area is 135 Å². The molecule has 2 aromatic carbocycles. The maximum atomic E-state index is 12.5. The lowest BCUT2D eigenvalue weighted by Crippen LogP contribution is -2.23. The van der Waals surface area contributed by atoms with Crippen molar-refractivity contribution in [1.82, 2.24) is 10.3 Å². The molecule has 4 heteroatoms. The van der Waals surface area contributed by atoms with Crippen LogP contribution in [0.3, 0.4) is 0 Å². The second kappa shape index (κ2) is 7.03. The Hall–Kier alpha value is -2.72. The largest absolute Gasteiger partial charge is 0.380 e. The molecule has 3 aromatic rings. The summed E-state index contributed by atoms with van der Waals surface area (Å²) in [5, 5.41) is 3.93. The Morgan fingerprint density at radius 3 is 2.65 bits per heavy atom. The number of aromatic nitrogens is 1. The van der Waals surface area contributed by atoms with Crippen LogP contribution in [0.25, 0.3) is 10.9 Å². The second-order valence-corrected chi connectivity index (χ2v) is 5.27. The monoisotopic (exact) mass is 306 g/mol. The van der Waals surface area contributed by atoms with Crippen molar-refractivity contribution in [1.29, 1.82) is 0 Å². The smallest absolute Gasteiger partial charge is 0.253 e. The molecule has 0 aliphatic carbocycles. The number of carbonyl (C=O) groups is 1. The Morgan fingerprint density at radius 2 is 1.83 bits per heavy atom. The Bertz CT molecular complexity index is 825. The van der Waals surface area contributed by atoms with Gasteiger partial charge in [-0.05, 0) is 23.3 Å². The minimum atomic E-state index is -0.124. The van der Waals surface area contributed by atoms with E-state index in [1.165, 1.54) is 0 Å². The molecule has 0 radical (unpaired) electrons. The number of amides is 1. The van der Waals surface area contributed by atoms with Crippen molar-refractivity contribution in [3.8, 4) is 0 Å². The summed E-state index contributed by atoms with van der Waals surface area (Å²) in [6.45, 7) is 0.990. The van der Waals surface area contributed by atoms with Crippen molar-refractivity contribution in [2.24, 2.45) is 0 Å². The van der Waals surface area contributed by atoms with E-state index in [1.54, 1.807) is 19.4 Å². The van der Waals surface area contributed by atoms with Crippen LogP contribution < -0.4 is 5.32 Å². The lowest BCUT2D eigenvalue weighted by Gasteiger charge is -2.11. The van der Waals surface area contributed by atoms with E-state index in [0.717, 1.165) is 22.0 Å². The maximum Gasteiger partial charge on any atom is 0.253 e.